The van der Waals surface area contributed by atoms with Gasteiger partial charge in [0.2, 0.25) is 0 Å². The monoisotopic (exact) mass is 167 g/mol. The first-order valence-corrected chi connectivity index (χ1v) is 4.07. The highest BCUT2D eigenvalue weighted by Crippen LogP contribution is 2.09. The van der Waals surface area contributed by atoms with Gasteiger partial charge in [-0.25, -0.2) is 0 Å². The number of nitrogens with two attached hydrogens (primary N) is 2. The van der Waals surface area contributed by atoms with Crippen LogP contribution in [-0.2, 0) is 0 Å². The highest BCUT2D eigenvalue weighted by atomic mass is 15.3. The van der Waals surface area contributed by atoms with Crippen LogP contribution in [0.25, 0.3) is 5.57 Å². The largest absolute Gasteiger partial charge is 0.404 e. The van der Waals surface area contributed by atoms with Crippen molar-refractivity contribution in [3.63, 3.8) is 0 Å². The quantitative estimate of drug-likeness (QED) is 0.623. The Labute approximate surface area is 73.6 Å². The highest BCUT2D eigenvalue weighted by molar-refractivity contribution is 5.60. The Balaban J connectivity index is 0.000000561. The van der Waals surface area contributed by atoms with Crippen LogP contribution in [0.4, 0.5) is 0 Å². The second-order valence-corrected chi connectivity index (χ2v) is 2.15. The van der Waals surface area contributed by atoms with Gasteiger partial charge >= 0.3 is 0 Å². The molecule has 1 aromatic heterocycles. The first-order chi connectivity index (χ1) is 5.75. The molecule has 4 N–H and O–H groups in total. The van der Waals surface area contributed by atoms with E-state index in [4.69, 9.17) is 11.6 Å². The average Bonchev–Trinajstić information content (AvgIpc) is 2.54. The van der Waals surface area contributed by atoms with Crippen LogP contribution in [0, 0.1) is 0 Å². The van der Waals surface area contributed by atoms with Crippen LogP contribution in [0.5, 0.6) is 0 Å². The van der Waals surface area contributed by atoms with Gasteiger partial charge in [-0.1, -0.05) is 13.8 Å². The van der Waals surface area contributed by atoms with E-state index in [0.29, 0.717) is 0 Å². The van der Waals surface area contributed by atoms with Gasteiger partial charge in [0.15, 0.2) is 0 Å². The predicted molar refractivity (Wildman–Crippen MR) is 53.8 cm³/mol. The van der Waals surface area contributed by atoms with Crippen molar-refractivity contribution in [2.45, 2.75) is 20.8 Å². The average molecular weight is 167 g/mol. The van der Waals surface area contributed by atoms with E-state index in [9.17, 15) is 0 Å². The minimum absolute atomic E-state index is 0.947. The molecule has 0 amide bonds. The molecule has 0 radical (unpaired) electrons. The molecule has 0 saturated carbocycles. The lowest BCUT2D eigenvalue weighted by Crippen LogP contribution is -2.09. The van der Waals surface area contributed by atoms with Crippen molar-refractivity contribution in [1.29, 1.82) is 0 Å². The summed E-state index contributed by atoms with van der Waals surface area (Å²) in [6.07, 6.45) is 3.32. The Morgan fingerprint density at radius 2 is 2.08 bits per heavy atom. The normalized spacial score (nSPS) is 10.4. The van der Waals surface area contributed by atoms with E-state index in [1.54, 1.807) is 17.1 Å². The molecule has 0 bridgehead atoms. The fraction of sp³-hybridized carbons (Fsp3) is 0.333. The van der Waals surface area contributed by atoms with Gasteiger partial charge in [0, 0.05) is 6.20 Å². The smallest absolute Gasteiger partial charge is 0.0661 e. The van der Waals surface area contributed by atoms with Crippen molar-refractivity contribution in [3.8, 4) is 0 Å². The van der Waals surface area contributed by atoms with Crippen molar-refractivity contribution >= 4 is 5.57 Å². The summed E-state index contributed by atoms with van der Waals surface area (Å²) in [4.78, 5) is 0. The molecule has 0 aliphatic heterocycles. The number of nitrogens with zero attached hydrogens (tertiary/aromatic N) is 1. The van der Waals surface area contributed by atoms with E-state index in [1.807, 2.05) is 32.9 Å². The van der Waals surface area contributed by atoms with Gasteiger partial charge in [-0.3, -0.25) is 4.68 Å². The van der Waals surface area contributed by atoms with Crippen LogP contribution in [0.2, 0.25) is 0 Å². The van der Waals surface area contributed by atoms with E-state index in [2.05, 4.69) is 0 Å². The maximum Gasteiger partial charge on any atom is 0.0661 e. The summed E-state index contributed by atoms with van der Waals surface area (Å²) in [6, 6.07) is 3.79. The van der Waals surface area contributed by atoms with Crippen molar-refractivity contribution < 1.29 is 0 Å². The van der Waals surface area contributed by atoms with E-state index in [-0.39, 0.29) is 0 Å². The third kappa shape index (κ3) is 2.34. The van der Waals surface area contributed by atoms with E-state index in [1.165, 1.54) is 0 Å². The lowest BCUT2D eigenvalue weighted by Gasteiger charge is -2.00. The minimum Gasteiger partial charge on any atom is -0.404 e. The summed E-state index contributed by atoms with van der Waals surface area (Å²) in [6.45, 7) is 5.92. The van der Waals surface area contributed by atoms with E-state index in [0.717, 1.165) is 11.3 Å². The number of hydrogen-bond donors (Lipinski definition) is 2. The highest BCUT2D eigenvalue weighted by Gasteiger charge is 1.96. The molecule has 0 aromatic carbocycles. The van der Waals surface area contributed by atoms with Crippen LogP contribution in [0.3, 0.4) is 0 Å². The SMILES string of the molecule is C/C(=C/N)c1cccn1N.CC. The maximum atomic E-state index is 5.54. The van der Waals surface area contributed by atoms with Gasteiger partial charge in [0.05, 0.1) is 5.69 Å². The fourth-order valence-corrected chi connectivity index (χ4v) is 0.814. The van der Waals surface area contributed by atoms with Gasteiger partial charge in [0.25, 0.3) is 0 Å². The number of hydrogen-bond acceptors (Lipinski definition) is 2. The molecule has 0 aliphatic rings. The van der Waals surface area contributed by atoms with Crippen LogP contribution in [0.15, 0.2) is 24.5 Å². The molecule has 68 valence electrons. The lowest BCUT2D eigenvalue weighted by molar-refractivity contribution is 0.993. The zero-order valence-electron chi connectivity index (χ0n) is 7.91. The Hall–Kier alpha value is -1.38. The standard InChI is InChI=1S/C7H11N3.C2H6/c1-6(5-8)7-3-2-4-10(7)9;1-2/h2-5H,8-9H2,1H3;1-2H3/b6-5-;. The second-order valence-electron chi connectivity index (χ2n) is 2.15. The van der Waals surface area contributed by atoms with Crippen LogP contribution in [-0.4, -0.2) is 4.68 Å². The fourth-order valence-electron chi connectivity index (χ4n) is 0.814. The van der Waals surface area contributed by atoms with Gasteiger partial charge < -0.3 is 11.6 Å². The predicted octanol–water partition coefficient (Wildman–Crippen LogP) is 1.55. The summed E-state index contributed by atoms with van der Waals surface area (Å²) >= 11 is 0. The molecular weight excluding hydrogens is 150 g/mol. The Morgan fingerprint density at radius 3 is 2.42 bits per heavy atom. The van der Waals surface area contributed by atoms with Crippen LogP contribution < -0.4 is 11.6 Å². The summed E-state index contributed by atoms with van der Waals surface area (Å²) in [7, 11) is 0. The Morgan fingerprint density at radius 1 is 1.50 bits per heavy atom. The van der Waals surface area contributed by atoms with Crippen molar-refractivity contribution in [2.75, 3.05) is 5.84 Å². The first kappa shape index (κ1) is 10.6. The molecule has 12 heavy (non-hydrogen) atoms. The number of nitrogen functional groups attached to an aromatic ring is 1. The first-order valence-electron chi connectivity index (χ1n) is 4.07. The number of aromatic nitrogens is 1. The Kier molecular flexibility index (Phi) is 4.69. The molecule has 0 unspecified atom stereocenters. The number of rotatable bonds is 1. The molecule has 0 fully saturated rings. The van der Waals surface area contributed by atoms with Gasteiger partial charge in [0.1, 0.15) is 0 Å². The van der Waals surface area contributed by atoms with Crippen molar-refractivity contribution in [1.82, 2.24) is 4.68 Å². The van der Waals surface area contributed by atoms with Gasteiger partial charge in [-0.05, 0) is 30.8 Å². The van der Waals surface area contributed by atoms with Gasteiger partial charge in [-0.2, -0.15) is 0 Å². The zero-order valence-corrected chi connectivity index (χ0v) is 7.91. The minimum atomic E-state index is 0.947. The second kappa shape index (κ2) is 5.29. The molecule has 0 aliphatic carbocycles. The third-order valence-corrected chi connectivity index (χ3v) is 1.43. The molecule has 1 rings (SSSR count). The topological polar surface area (TPSA) is 57.0 Å². The van der Waals surface area contributed by atoms with Crippen molar-refractivity contribution in [3.05, 3.63) is 30.2 Å². The molecule has 0 atom stereocenters. The number of allylic oxidation sites excluding steroid dienone is 1. The molecule has 3 nitrogen and oxygen atoms in total. The van der Waals surface area contributed by atoms with Crippen molar-refractivity contribution in [2.24, 2.45) is 5.73 Å². The lowest BCUT2D eigenvalue weighted by atomic mass is 10.2. The van der Waals surface area contributed by atoms with Gasteiger partial charge in [-0.15, -0.1) is 0 Å². The Bertz CT molecular complexity index is 248. The maximum absolute atomic E-state index is 5.54. The zero-order chi connectivity index (χ0) is 9.56. The molecule has 0 saturated heterocycles. The molecule has 1 heterocycles. The molecule has 3 heteroatoms. The summed E-state index contributed by atoms with van der Waals surface area (Å²) in [5.41, 5.74) is 7.23. The summed E-state index contributed by atoms with van der Waals surface area (Å²) < 4.78 is 1.54. The van der Waals surface area contributed by atoms with Crippen LogP contribution in [0.1, 0.15) is 26.5 Å². The molecule has 0 spiro atoms. The van der Waals surface area contributed by atoms with Crippen LogP contribution >= 0.6 is 0 Å². The molecular formula is C9H17N3. The molecule has 1 aromatic rings. The summed E-state index contributed by atoms with van der Waals surface area (Å²) in [5, 5.41) is 0. The third-order valence-electron chi connectivity index (χ3n) is 1.43. The van der Waals surface area contributed by atoms with E-state index >= 15 is 0 Å². The van der Waals surface area contributed by atoms with E-state index < -0.39 is 0 Å². The summed E-state index contributed by atoms with van der Waals surface area (Å²) in [5.74, 6) is 5.54.